The molecule has 1 saturated heterocycles. The van der Waals surface area contributed by atoms with E-state index in [4.69, 9.17) is 5.26 Å². The third-order valence-electron chi connectivity index (χ3n) is 6.30. The zero-order valence-electron chi connectivity index (χ0n) is 20.3. The Morgan fingerprint density at radius 1 is 1.08 bits per heavy atom. The molecule has 10 heteroatoms. The fourth-order valence-corrected chi connectivity index (χ4v) is 4.36. The number of carbonyl (C=O) groups excluding carboxylic acids is 1. The Kier molecular flexibility index (Phi) is 7.80. The Morgan fingerprint density at radius 3 is 2.39 bits per heavy atom. The van der Waals surface area contributed by atoms with E-state index in [1.54, 1.807) is 19.3 Å². The number of hydrogen-bond acceptors (Lipinski definition) is 7. The van der Waals surface area contributed by atoms with Crippen LogP contribution in [-0.4, -0.2) is 70.4 Å². The summed E-state index contributed by atoms with van der Waals surface area (Å²) in [6, 6.07) is 8.05. The zero-order valence-corrected chi connectivity index (χ0v) is 20.3. The molecule has 1 fully saturated rings. The number of hydrogen-bond donors (Lipinski definition) is 1. The topological polar surface area (TPSA) is 98.0 Å². The number of anilines is 1. The van der Waals surface area contributed by atoms with Gasteiger partial charge in [0.15, 0.2) is 0 Å². The maximum Gasteiger partial charge on any atom is 0.259 e. The van der Waals surface area contributed by atoms with Crippen LogP contribution in [0, 0.1) is 23.0 Å². The molecule has 8 nitrogen and oxygen atoms in total. The summed E-state index contributed by atoms with van der Waals surface area (Å²) in [7, 11) is 1.76. The van der Waals surface area contributed by atoms with Crippen LogP contribution in [0.15, 0.2) is 36.8 Å². The lowest BCUT2D eigenvalue weighted by molar-refractivity contribution is 0.0630. The minimum absolute atomic E-state index is 0.215. The van der Waals surface area contributed by atoms with Gasteiger partial charge in [0.1, 0.15) is 29.3 Å². The van der Waals surface area contributed by atoms with E-state index in [1.165, 1.54) is 11.2 Å². The number of aryl methyl sites for hydroxylation is 1. The molecule has 1 aliphatic heterocycles. The maximum atomic E-state index is 15.3. The Balaban J connectivity index is 1.66. The van der Waals surface area contributed by atoms with Gasteiger partial charge in [-0.15, -0.1) is 0 Å². The Bertz CT molecular complexity index is 1260. The molecule has 1 N–H and O–H groups in total. The number of pyridine rings is 1. The van der Waals surface area contributed by atoms with Crippen molar-refractivity contribution in [2.75, 3.05) is 45.1 Å². The molecule has 36 heavy (non-hydrogen) atoms. The molecule has 0 unspecified atom stereocenters. The Morgan fingerprint density at radius 2 is 1.81 bits per heavy atom. The van der Waals surface area contributed by atoms with Gasteiger partial charge in [-0.1, -0.05) is 6.92 Å². The molecule has 0 spiro atoms. The van der Waals surface area contributed by atoms with Crippen LogP contribution in [0.25, 0.3) is 22.4 Å². The number of rotatable bonds is 7. The van der Waals surface area contributed by atoms with Crippen LogP contribution in [0.5, 0.6) is 0 Å². The lowest BCUT2D eigenvalue weighted by Gasteiger charge is -2.34. The number of amides is 1. The second kappa shape index (κ2) is 11.2. The summed E-state index contributed by atoms with van der Waals surface area (Å²) < 4.78 is 30.5. The van der Waals surface area contributed by atoms with Crippen molar-refractivity contribution in [2.24, 2.45) is 0 Å². The van der Waals surface area contributed by atoms with E-state index in [0.29, 0.717) is 68.3 Å². The monoisotopic (exact) mass is 491 g/mol. The molecule has 1 aliphatic rings. The van der Waals surface area contributed by atoms with Gasteiger partial charge in [0.2, 0.25) is 0 Å². The Hall–Kier alpha value is -3.97. The third kappa shape index (κ3) is 5.16. The second-order valence-corrected chi connectivity index (χ2v) is 8.44. The standard InChI is InChI=1S/C26H27F2N7O/c1-3-21-23(17-5-6-22(30-2)31-15-17)25(33-16-32-21)18-13-19(27)24(20(28)14-18)26(36)35-11-9-34(10-12-35)8-4-7-29/h5-6,13-16H,3-4,8-12H2,1-2H3,(H,30,31). The highest BCUT2D eigenvalue weighted by atomic mass is 19.1. The van der Waals surface area contributed by atoms with Gasteiger partial charge in [0.25, 0.3) is 5.91 Å². The molecular formula is C26H27F2N7O. The molecule has 3 heterocycles. The summed E-state index contributed by atoms with van der Waals surface area (Å²) in [6.07, 6.45) is 4.02. The molecule has 1 aromatic carbocycles. The predicted molar refractivity (Wildman–Crippen MR) is 132 cm³/mol. The summed E-state index contributed by atoms with van der Waals surface area (Å²) in [5, 5.41) is 11.7. The summed E-state index contributed by atoms with van der Waals surface area (Å²) >= 11 is 0. The first-order chi connectivity index (χ1) is 17.5. The number of halogens is 2. The number of nitriles is 1. The number of aromatic nitrogens is 3. The van der Waals surface area contributed by atoms with E-state index in [9.17, 15) is 4.79 Å². The van der Waals surface area contributed by atoms with Gasteiger partial charge in [0.05, 0.1) is 17.5 Å². The normalized spacial score (nSPS) is 13.9. The molecule has 1 amide bonds. The highest BCUT2D eigenvalue weighted by Crippen LogP contribution is 2.34. The van der Waals surface area contributed by atoms with Crippen LogP contribution in [0.3, 0.4) is 0 Å². The zero-order chi connectivity index (χ0) is 25.7. The van der Waals surface area contributed by atoms with E-state index in [2.05, 4.69) is 31.2 Å². The molecule has 0 atom stereocenters. The third-order valence-corrected chi connectivity index (χ3v) is 6.30. The Labute approximate surface area is 208 Å². The highest BCUT2D eigenvalue weighted by Gasteiger charge is 2.28. The van der Waals surface area contributed by atoms with E-state index in [0.717, 1.165) is 17.7 Å². The SMILES string of the molecule is CCc1ncnc(-c2cc(F)c(C(=O)N3CCN(CCC#N)CC3)c(F)c2)c1-c1ccc(NC)nc1. The van der Waals surface area contributed by atoms with E-state index >= 15 is 8.78 Å². The fraction of sp³-hybridized carbons (Fsp3) is 0.346. The summed E-state index contributed by atoms with van der Waals surface area (Å²) in [6.45, 7) is 4.35. The lowest BCUT2D eigenvalue weighted by atomic mass is 9.96. The summed E-state index contributed by atoms with van der Waals surface area (Å²) in [5.74, 6) is -1.87. The van der Waals surface area contributed by atoms with Crippen LogP contribution < -0.4 is 5.32 Å². The summed E-state index contributed by atoms with van der Waals surface area (Å²) in [5.41, 5.74) is 2.08. The quantitative estimate of drug-likeness (QED) is 0.537. The number of piperazine rings is 1. The molecule has 3 aromatic rings. The second-order valence-electron chi connectivity index (χ2n) is 8.44. The number of nitrogens with one attached hydrogen (secondary N) is 1. The maximum absolute atomic E-state index is 15.3. The summed E-state index contributed by atoms with van der Waals surface area (Å²) in [4.78, 5) is 29.5. The minimum atomic E-state index is -0.937. The van der Waals surface area contributed by atoms with Crippen molar-refractivity contribution in [3.8, 4) is 28.5 Å². The van der Waals surface area contributed by atoms with Gasteiger partial charge in [-0.05, 0) is 30.7 Å². The van der Waals surface area contributed by atoms with Crippen molar-refractivity contribution in [3.63, 3.8) is 0 Å². The number of benzene rings is 1. The van der Waals surface area contributed by atoms with Crippen molar-refractivity contribution in [1.29, 1.82) is 5.26 Å². The van der Waals surface area contributed by atoms with Crippen LogP contribution in [0.1, 0.15) is 29.4 Å². The first-order valence-corrected chi connectivity index (χ1v) is 11.8. The molecule has 0 bridgehead atoms. The van der Waals surface area contributed by atoms with Gasteiger partial charge < -0.3 is 10.2 Å². The van der Waals surface area contributed by atoms with Crippen LogP contribution in [0.2, 0.25) is 0 Å². The molecule has 186 valence electrons. The lowest BCUT2D eigenvalue weighted by Crippen LogP contribution is -2.49. The molecule has 2 aromatic heterocycles. The average molecular weight is 492 g/mol. The van der Waals surface area contributed by atoms with Gasteiger partial charge in [-0.2, -0.15) is 5.26 Å². The smallest absolute Gasteiger partial charge is 0.259 e. The minimum Gasteiger partial charge on any atom is -0.373 e. The molecule has 0 saturated carbocycles. The van der Waals surface area contributed by atoms with E-state index in [-0.39, 0.29) is 5.56 Å². The molecule has 4 rings (SSSR count). The number of carbonyl (C=O) groups is 1. The molecular weight excluding hydrogens is 464 g/mol. The van der Waals surface area contributed by atoms with Gasteiger partial charge in [0, 0.05) is 69.1 Å². The van der Waals surface area contributed by atoms with Crippen molar-refractivity contribution in [2.45, 2.75) is 19.8 Å². The largest absolute Gasteiger partial charge is 0.373 e. The van der Waals surface area contributed by atoms with Crippen molar-refractivity contribution >= 4 is 11.7 Å². The van der Waals surface area contributed by atoms with E-state index < -0.39 is 23.1 Å². The average Bonchev–Trinajstić information content (AvgIpc) is 2.91. The van der Waals surface area contributed by atoms with E-state index in [1.807, 2.05) is 13.0 Å². The van der Waals surface area contributed by atoms with Crippen LogP contribution in [-0.2, 0) is 6.42 Å². The van der Waals surface area contributed by atoms with Gasteiger partial charge >= 0.3 is 0 Å². The van der Waals surface area contributed by atoms with Gasteiger partial charge in [-0.25, -0.2) is 23.7 Å². The van der Waals surface area contributed by atoms with Gasteiger partial charge in [-0.3, -0.25) is 9.69 Å². The van der Waals surface area contributed by atoms with Crippen LogP contribution in [0.4, 0.5) is 14.6 Å². The first-order valence-electron chi connectivity index (χ1n) is 11.8. The van der Waals surface area contributed by atoms with Crippen LogP contribution >= 0.6 is 0 Å². The van der Waals surface area contributed by atoms with Crippen molar-refractivity contribution in [3.05, 3.63) is 59.7 Å². The fourth-order valence-electron chi connectivity index (χ4n) is 4.36. The highest BCUT2D eigenvalue weighted by molar-refractivity contribution is 5.96. The molecule has 0 aliphatic carbocycles. The van der Waals surface area contributed by atoms with Crippen molar-refractivity contribution < 1.29 is 13.6 Å². The predicted octanol–water partition coefficient (Wildman–Crippen LogP) is 3.76. The molecule has 0 radical (unpaired) electrons. The first kappa shape index (κ1) is 25.1. The van der Waals surface area contributed by atoms with Crippen molar-refractivity contribution in [1.82, 2.24) is 24.8 Å². The number of nitrogens with zero attached hydrogens (tertiary/aromatic N) is 6.